The van der Waals surface area contributed by atoms with E-state index in [0.717, 1.165) is 81.6 Å². The minimum Gasteiger partial charge on any atom is -0.488 e. The van der Waals surface area contributed by atoms with Crippen LogP contribution in [0.1, 0.15) is 5.56 Å². The van der Waals surface area contributed by atoms with Gasteiger partial charge in [0.05, 0.1) is 40.0 Å². The van der Waals surface area contributed by atoms with Crippen molar-refractivity contribution in [3.63, 3.8) is 0 Å². The highest BCUT2D eigenvalue weighted by Gasteiger charge is 2.33. The quantitative estimate of drug-likeness (QED) is 0.369. The zero-order valence-corrected chi connectivity index (χ0v) is 21.7. The Labute approximate surface area is 220 Å². The van der Waals surface area contributed by atoms with Crippen LogP contribution in [-0.2, 0) is 7.05 Å². The van der Waals surface area contributed by atoms with E-state index in [2.05, 4.69) is 55.3 Å². The summed E-state index contributed by atoms with van der Waals surface area (Å²) in [6, 6.07) is 16.5. The van der Waals surface area contributed by atoms with Crippen LogP contribution in [0.5, 0.6) is 17.2 Å². The van der Waals surface area contributed by atoms with E-state index in [0.29, 0.717) is 12.6 Å². The summed E-state index contributed by atoms with van der Waals surface area (Å²) in [6.45, 7) is 5.70. The summed E-state index contributed by atoms with van der Waals surface area (Å²) in [5, 5.41) is 4.42. The van der Waals surface area contributed by atoms with Crippen LogP contribution in [0.15, 0.2) is 61.2 Å². The van der Waals surface area contributed by atoms with Crippen molar-refractivity contribution in [1.82, 2.24) is 24.4 Å². The highest BCUT2D eigenvalue weighted by atomic mass is 16.5. The van der Waals surface area contributed by atoms with Gasteiger partial charge in [-0.05, 0) is 62.0 Å². The first-order valence-corrected chi connectivity index (χ1v) is 12.9. The van der Waals surface area contributed by atoms with Gasteiger partial charge in [-0.1, -0.05) is 0 Å². The fraction of sp³-hybridized carbons (Fsp3) is 0.276. The van der Waals surface area contributed by atoms with Gasteiger partial charge in [-0.15, -0.1) is 0 Å². The van der Waals surface area contributed by atoms with Gasteiger partial charge >= 0.3 is 0 Å². The second kappa shape index (κ2) is 8.88. The number of imidazole rings is 1. The first kappa shape index (κ1) is 22.8. The molecule has 3 aromatic carbocycles. The van der Waals surface area contributed by atoms with Crippen molar-refractivity contribution in [2.24, 2.45) is 7.05 Å². The molecule has 9 heteroatoms. The summed E-state index contributed by atoms with van der Waals surface area (Å²) in [5.74, 6) is 3.13. The molecular weight excluding hydrogens is 478 g/mol. The number of piperazine rings is 1. The second-order valence-electron chi connectivity index (χ2n) is 10.2. The smallest absolute Gasteiger partial charge is 0.155 e. The molecule has 2 aliphatic heterocycles. The molecular formula is C29H29N7O2. The third-order valence-electron chi connectivity index (χ3n) is 7.51. The van der Waals surface area contributed by atoms with Crippen molar-refractivity contribution in [2.45, 2.75) is 13.0 Å². The van der Waals surface area contributed by atoms with Crippen LogP contribution in [-0.4, -0.2) is 63.7 Å². The van der Waals surface area contributed by atoms with Crippen molar-refractivity contribution in [3.05, 3.63) is 66.7 Å². The summed E-state index contributed by atoms with van der Waals surface area (Å²) in [4.78, 5) is 18.4. The van der Waals surface area contributed by atoms with Gasteiger partial charge in [0.25, 0.3) is 0 Å². The number of nitrogens with zero attached hydrogens (tertiary/aromatic N) is 6. The fourth-order valence-corrected chi connectivity index (χ4v) is 5.51. The largest absolute Gasteiger partial charge is 0.488 e. The van der Waals surface area contributed by atoms with Crippen LogP contribution in [0.4, 0.5) is 17.2 Å². The van der Waals surface area contributed by atoms with Crippen molar-refractivity contribution in [1.29, 1.82) is 0 Å². The van der Waals surface area contributed by atoms with E-state index in [1.807, 2.05) is 55.2 Å². The number of likely N-dealkylation sites (N-methyl/N-ethyl adjacent to an activating group) is 1. The lowest BCUT2D eigenvalue weighted by Gasteiger charge is -2.44. The average molecular weight is 508 g/mol. The zero-order valence-electron chi connectivity index (χ0n) is 21.7. The van der Waals surface area contributed by atoms with E-state index in [9.17, 15) is 0 Å². The van der Waals surface area contributed by atoms with Crippen LogP contribution in [0.3, 0.4) is 0 Å². The molecule has 0 radical (unpaired) electrons. The van der Waals surface area contributed by atoms with Gasteiger partial charge in [-0.3, -0.25) is 0 Å². The molecule has 1 N–H and O–H groups in total. The molecule has 1 atom stereocenters. The second-order valence-corrected chi connectivity index (χ2v) is 10.2. The maximum atomic E-state index is 6.36. The van der Waals surface area contributed by atoms with Gasteiger partial charge in [0.1, 0.15) is 30.3 Å². The molecule has 4 heterocycles. The standard InChI is InChI=1S/C29H29N7O2/c1-18-12-19(4-9-26(18)38-21-5-7-24-23(13-21)32-17-35(24)3)33-29-27-22(30-16-31-29)6-8-25-28(27)37-15-20-14-34(2)10-11-36(20)25/h4-9,12-13,16-17,20H,10-11,14-15H2,1-3H3,(H,30,31,33)/t20-/m0/s1. The van der Waals surface area contributed by atoms with E-state index in [-0.39, 0.29) is 0 Å². The monoisotopic (exact) mass is 507 g/mol. The third kappa shape index (κ3) is 3.86. The minimum atomic E-state index is 0.355. The number of nitrogens with one attached hydrogen (secondary N) is 1. The van der Waals surface area contributed by atoms with Crippen LogP contribution >= 0.6 is 0 Å². The Balaban J connectivity index is 1.18. The number of anilines is 3. The molecule has 0 aliphatic carbocycles. The molecule has 5 aromatic rings. The van der Waals surface area contributed by atoms with Gasteiger partial charge in [0.15, 0.2) is 5.75 Å². The molecule has 0 spiro atoms. The minimum absolute atomic E-state index is 0.355. The molecule has 0 saturated carbocycles. The van der Waals surface area contributed by atoms with Gasteiger partial charge in [-0.2, -0.15) is 0 Å². The van der Waals surface area contributed by atoms with Crippen LogP contribution in [0, 0.1) is 6.92 Å². The molecule has 1 saturated heterocycles. The Bertz CT molecular complexity index is 1680. The predicted octanol–water partition coefficient (Wildman–Crippen LogP) is 4.87. The van der Waals surface area contributed by atoms with E-state index >= 15 is 0 Å². The number of ether oxygens (including phenoxy) is 2. The number of benzene rings is 3. The van der Waals surface area contributed by atoms with Crippen molar-refractivity contribution in [2.75, 3.05) is 43.5 Å². The lowest BCUT2D eigenvalue weighted by atomic mass is 10.1. The first-order valence-electron chi connectivity index (χ1n) is 12.9. The number of aryl methyl sites for hydroxylation is 2. The van der Waals surface area contributed by atoms with Crippen molar-refractivity contribution >= 4 is 39.1 Å². The maximum absolute atomic E-state index is 6.36. The molecule has 1 fully saturated rings. The Morgan fingerprint density at radius 2 is 1.89 bits per heavy atom. The Morgan fingerprint density at radius 1 is 0.974 bits per heavy atom. The van der Waals surface area contributed by atoms with E-state index in [1.165, 1.54) is 0 Å². The molecule has 2 aliphatic rings. The molecule has 7 rings (SSSR count). The van der Waals surface area contributed by atoms with Gasteiger partial charge in [0.2, 0.25) is 0 Å². The maximum Gasteiger partial charge on any atom is 0.155 e. The number of fused-ring (bicyclic) bond motifs is 6. The first-order chi connectivity index (χ1) is 18.5. The lowest BCUT2D eigenvalue weighted by molar-refractivity contribution is 0.190. The molecule has 2 aromatic heterocycles. The number of aromatic nitrogens is 4. The summed E-state index contributed by atoms with van der Waals surface area (Å²) in [6.07, 6.45) is 3.40. The van der Waals surface area contributed by atoms with E-state index < -0.39 is 0 Å². The normalized spacial score (nSPS) is 17.2. The lowest BCUT2D eigenvalue weighted by Crippen LogP contribution is -2.56. The highest BCUT2D eigenvalue weighted by Crippen LogP contribution is 2.43. The third-order valence-corrected chi connectivity index (χ3v) is 7.51. The Kier molecular flexibility index (Phi) is 5.33. The van der Waals surface area contributed by atoms with Crippen molar-refractivity contribution < 1.29 is 9.47 Å². The fourth-order valence-electron chi connectivity index (χ4n) is 5.51. The van der Waals surface area contributed by atoms with Gasteiger partial charge in [-0.25, -0.2) is 15.0 Å². The van der Waals surface area contributed by atoms with Crippen LogP contribution in [0.2, 0.25) is 0 Å². The number of hydrogen-bond donors (Lipinski definition) is 1. The number of hydrogen-bond acceptors (Lipinski definition) is 8. The van der Waals surface area contributed by atoms with Crippen LogP contribution < -0.4 is 19.7 Å². The molecule has 0 amide bonds. The summed E-state index contributed by atoms with van der Waals surface area (Å²) < 4.78 is 14.6. The Hall–Kier alpha value is -4.37. The van der Waals surface area contributed by atoms with E-state index in [1.54, 1.807) is 6.33 Å². The average Bonchev–Trinajstić information content (AvgIpc) is 3.29. The molecule has 0 bridgehead atoms. The summed E-state index contributed by atoms with van der Waals surface area (Å²) in [5.41, 5.74) is 5.87. The number of rotatable bonds is 4. The molecule has 9 nitrogen and oxygen atoms in total. The Morgan fingerprint density at radius 3 is 2.79 bits per heavy atom. The van der Waals surface area contributed by atoms with Crippen LogP contribution in [0.25, 0.3) is 21.9 Å². The summed E-state index contributed by atoms with van der Waals surface area (Å²) in [7, 11) is 4.15. The molecule has 192 valence electrons. The predicted molar refractivity (Wildman–Crippen MR) is 149 cm³/mol. The summed E-state index contributed by atoms with van der Waals surface area (Å²) >= 11 is 0. The highest BCUT2D eigenvalue weighted by molar-refractivity contribution is 6.00. The van der Waals surface area contributed by atoms with Gasteiger partial charge < -0.3 is 29.2 Å². The topological polar surface area (TPSA) is 80.6 Å². The molecule has 0 unspecified atom stereocenters. The van der Waals surface area contributed by atoms with Crippen molar-refractivity contribution in [3.8, 4) is 17.2 Å². The van der Waals surface area contributed by atoms with Gasteiger partial charge in [0, 0.05) is 38.4 Å². The van der Waals surface area contributed by atoms with E-state index in [4.69, 9.17) is 9.47 Å². The SMILES string of the molecule is Cc1cc(Nc2ncnc3ccc4c(c23)OC[C@@H]2CN(C)CCN42)ccc1Oc1ccc2c(c1)ncn2C. The zero-order chi connectivity index (χ0) is 25.8. The molecule has 38 heavy (non-hydrogen) atoms.